The normalized spacial score (nSPS) is 9.94. The first-order valence-electron chi connectivity index (χ1n) is 5.05. The van der Waals surface area contributed by atoms with Gasteiger partial charge in [0.25, 0.3) is 0 Å². The Morgan fingerprint density at radius 2 is 2.00 bits per heavy atom. The number of nitrogens with one attached hydrogen (secondary N) is 2. The van der Waals surface area contributed by atoms with Crippen LogP contribution in [0.25, 0.3) is 0 Å². The largest absolute Gasteiger partial charge is 0.334 e. The summed E-state index contributed by atoms with van der Waals surface area (Å²) in [4.78, 5) is 11.5. The number of amides is 2. The van der Waals surface area contributed by atoms with E-state index in [1.807, 2.05) is 16.8 Å². The van der Waals surface area contributed by atoms with Crippen LogP contribution in [0.3, 0.4) is 0 Å². The van der Waals surface area contributed by atoms with E-state index < -0.39 is 0 Å². The summed E-state index contributed by atoms with van der Waals surface area (Å²) in [5.41, 5.74) is 1.82. The number of halogens is 1. The van der Waals surface area contributed by atoms with E-state index in [-0.39, 0.29) is 6.03 Å². The molecule has 2 rings (SSSR count). The van der Waals surface area contributed by atoms with Gasteiger partial charge in [-0.1, -0.05) is 11.6 Å². The summed E-state index contributed by atoms with van der Waals surface area (Å²) in [6.45, 7) is 0.531. The topological polar surface area (TPSA) is 41.1 Å². The summed E-state index contributed by atoms with van der Waals surface area (Å²) < 4.78 is 0. The summed E-state index contributed by atoms with van der Waals surface area (Å²) in [5.74, 6) is 0. The maximum Gasteiger partial charge on any atom is 0.319 e. The first-order valence-corrected chi connectivity index (χ1v) is 6.37. The van der Waals surface area contributed by atoms with Gasteiger partial charge in [-0.05, 0) is 46.7 Å². The summed E-state index contributed by atoms with van der Waals surface area (Å²) in [6, 6.07) is 8.73. The third-order valence-electron chi connectivity index (χ3n) is 2.14. The van der Waals surface area contributed by atoms with Crippen molar-refractivity contribution in [2.75, 3.05) is 5.32 Å². The van der Waals surface area contributed by atoms with E-state index in [9.17, 15) is 4.79 Å². The number of hydrogen-bond donors (Lipinski definition) is 2. The molecule has 2 aromatic rings. The van der Waals surface area contributed by atoms with Gasteiger partial charge in [-0.3, -0.25) is 0 Å². The molecule has 0 aliphatic heterocycles. The first-order chi connectivity index (χ1) is 8.24. The van der Waals surface area contributed by atoms with Crippen LogP contribution in [0.15, 0.2) is 41.1 Å². The average Bonchev–Trinajstić information content (AvgIpc) is 2.83. The van der Waals surface area contributed by atoms with Crippen LogP contribution in [0.5, 0.6) is 0 Å². The lowest BCUT2D eigenvalue weighted by Crippen LogP contribution is -2.27. The zero-order valence-corrected chi connectivity index (χ0v) is 10.5. The number of anilines is 1. The van der Waals surface area contributed by atoms with E-state index in [0.29, 0.717) is 11.6 Å². The highest BCUT2D eigenvalue weighted by atomic mass is 35.5. The van der Waals surface area contributed by atoms with E-state index in [1.165, 1.54) is 0 Å². The quantitative estimate of drug-likeness (QED) is 0.873. The van der Waals surface area contributed by atoms with Gasteiger partial charge in [0.2, 0.25) is 0 Å². The Morgan fingerprint density at radius 1 is 1.24 bits per heavy atom. The zero-order chi connectivity index (χ0) is 12.1. The molecule has 1 heterocycles. The van der Waals surface area contributed by atoms with Crippen LogP contribution in [0.1, 0.15) is 5.56 Å². The van der Waals surface area contributed by atoms with Gasteiger partial charge in [-0.25, -0.2) is 4.79 Å². The molecule has 88 valence electrons. The fourth-order valence-electron chi connectivity index (χ4n) is 1.28. The number of urea groups is 1. The lowest BCUT2D eigenvalue weighted by molar-refractivity contribution is 0.252. The van der Waals surface area contributed by atoms with Crippen molar-refractivity contribution in [2.24, 2.45) is 0 Å². The first kappa shape index (κ1) is 12.0. The smallest absolute Gasteiger partial charge is 0.319 e. The van der Waals surface area contributed by atoms with Crippen LogP contribution in [0.4, 0.5) is 10.5 Å². The highest BCUT2D eigenvalue weighted by Crippen LogP contribution is 2.13. The number of carbonyl (C=O) groups is 1. The van der Waals surface area contributed by atoms with E-state index >= 15 is 0 Å². The van der Waals surface area contributed by atoms with Gasteiger partial charge >= 0.3 is 6.03 Å². The van der Waals surface area contributed by atoms with Crippen molar-refractivity contribution in [1.82, 2.24) is 5.32 Å². The number of rotatable bonds is 3. The minimum Gasteiger partial charge on any atom is -0.334 e. The van der Waals surface area contributed by atoms with E-state index in [4.69, 9.17) is 11.6 Å². The van der Waals surface area contributed by atoms with Crippen LogP contribution in [-0.4, -0.2) is 6.03 Å². The Labute approximate surface area is 108 Å². The van der Waals surface area contributed by atoms with Gasteiger partial charge < -0.3 is 10.6 Å². The molecule has 17 heavy (non-hydrogen) atoms. The third-order valence-corrected chi connectivity index (χ3v) is 3.12. The number of thiophene rings is 1. The van der Waals surface area contributed by atoms with Crippen molar-refractivity contribution >= 4 is 34.7 Å². The van der Waals surface area contributed by atoms with Gasteiger partial charge in [0.1, 0.15) is 0 Å². The summed E-state index contributed by atoms with van der Waals surface area (Å²) in [6.07, 6.45) is 0. The molecule has 0 unspecified atom stereocenters. The average molecular weight is 267 g/mol. The Balaban J connectivity index is 1.83. The van der Waals surface area contributed by atoms with Crippen molar-refractivity contribution in [1.29, 1.82) is 0 Å². The number of carbonyl (C=O) groups excluding carboxylic acids is 1. The Morgan fingerprint density at radius 3 is 2.65 bits per heavy atom. The van der Waals surface area contributed by atoms with E-state index in [0.717, 1.165) is 11.3 Å². The van der Waals surface area contributed by atoms with Crippen molar-refractivity contribution < 1.29 is 4.79 Å². The molecule has 0 fully saturated rings. The van der Waals surface area contributed by atoms with E-state index in [1.54, 1.807) is 35.6 Å². The SMILES string of the molecule is O=C(NCc1ccsc1)Nc1ccc(Cl)cc1. The molecule has 0 saturated heterocycles. The molecule has 0 aliphatic carbocycles. The monoisotopic (exact) mass is 266 g/mol. The highest BCUT2D eigenvalue weighted by Gasteiger charge is 2.01. The second kappa shape index (κ2) is 5.70. The fraction of sp³-hybridized carbons (Fsp3) is 0.0833. The van der Waals surface area contributed by atoms with Crippen LogP contribution in [-0.2, 0) is 6.54 Å². The Hall–Kier alpha value is -1.52. The predicted molar refractivity (Wildman–Crippen MR) is 71.6 cm³/mol. The van der Waals surface area contributed by atoms with E-state index in [2.05, 4.69) is 10.6 Å². The zero-order valence-electron chi connectivity index (χ0n) is 8.94. The molecule has 3 nitrogen and oxygen atoms in total. The van der Waals surface area contributed by atoms with Gasteiger partial charge in [-0.2, -0.15) is 11.3 Å². The molecule has 0 aliphatic rings. The fourth-order valence-corrected chi connectivity index (χ4v) is 2.08. The third kappa shape index (κ3) is 3.76. The molecule has 0 saturated carbocycles. The molecule has 2 amide bonds. The lowest BCUT2D eigenvalue weighted by Gasteiger charge is -2.06. The van der Waals surface area contributed by atoms with Crippen LogP contribution < -0.4 is 10.6 Å². The molecule has 5 heteroatoms. The minimum atomic E-state index is -0.224. The molecule has 0 atom stereocenters. The molecular formula is C12H11ClN2OS. The van der Waals surface area contributed by atoms with Crippen molar-refractivity contribution in [3.63, 3.8) is 0 Å². The second-order valence-electron chi connectivity index (χ2n) is 3.45. The Bertz CT molecular complexity index is 482. The number of benzene rings is 1. The number of hydrogen-bond acceptors (Lipinski definition) is 2. The van der Waals surface area contributed by atoms with Gasteiger partial charge in [0.05, 0.1) is 0 Å². The molecule has 0 radical (unpaired) electrons. The van der Waals surface area contributed by atoms with Gasteiger partial charge in [0.15, 0.2) is 0 Å². The summed E-state index contributed by atoms with van der Waals surface area (Å²) >= 11 is 7.36. The molecule has 2 N–H and O–H groups in total. The molecule has 1 aromatic carbocycles. The molecule has 0 spiro atoms. The van der Waals surface area contributed by atoms with Gasteiger partial charge in [0, 0.05) is 17.3 Å². The van der Waals surface area contributed by atoms with Crippen molar-refractivity contribution in [3.8, 4) is 0 Å². The minimum absolute atomic E-state index is 0.224. The maximum absolute atomic E-state index is 11.5. The Kier molecular flexibility index (Phi) is 4.01. The second-order valence-corrected chi connectivity index (χ2v) is 4.66. The predicted octanol–water partition coefficient (Wildman–Crippen LogP) is 3.72. The summed E-state index contributed by atoms with van der Waals surface area (Å²) in [7, 11) is 0. The van der Waals surface area contributed by atoms with Crippen LogP contribution in [0, 0.1) is 0 Å². The molecule has 0 bridgehead atoms. The standard InChI is InChI=1S/C12H11ClN2OS/c13-10-1-3-11(4-2-10)15-12(16)14-7-9-5-6-17-8-9/h1-6,8H,7H2,(H2,14,15,16). The molecule has 1 aromatic heterocycles. The maximum atomic E-state index is 11.5. The van der Waals surface area contributed by atoms with Crippen molar-refractivity contribution in [3.05, 3.63) is 51.7 Å². The summed E-state index contributed by atoms with van der Waals surface area (Å²) in [5, 5.41) is 10.1. The van der Waals surface area contributed by atoms with Crippen LogP contribution in [0.2, 0.25) is 5.02 Å². The highest BCUT2D eigenvalue weighted by molar-refractivity contribution is 7.07. The molecular weight excluding hydrogens is 256 g/mol. The van der Waals surface area contributed by atoms with Crippen LogP contribution >= 0.6 is 22.9 Å². The van der Waals surface area contributed by atoms with Crippen molar-refractivity contribution in [2.45, 2.75) is 6.54 Å². The van der Waals surface area contributed by atoms with Gasteiger partial charge in [-0.15, -0.1) is 0 Å². The lowest BCUT2D eigenvalue weighted by atomic mass is 10.3.